The lowest BCUT2D eigenvalue weighted by atomic mass is 9.69. The molecular weight excluding hydrogens is 306 g/mol. The van der Waals surface area contributed by atoms with Crippen molar-refractivity contribution < 1.29 is 14.3 Å². The molecule has 1 saturated carbocycles. The van der Waals surface area contributed by atoms with E-state index in [0.29, 0.717) is 12.1 Å². The van der Waals surface area contributed by atoms with Gasteiger partial charge in [-0.2, -0.15) is 5.10 Å². The van der Waals surface area contributed by atoms with Gasteiger partial charge in [0.15, 0.2) is 0 Å². The standard InChI is InChI=1S/C18H23N3O3/c1-11-10-15(22)20-21-16(11)12-4-6-13(7-5-12)19-17(23)24-14-8-9-18(14,2)3/h4-7,11,14H,8-10H2,1-3H3,(H,19,23)(H,20,22). The van der Waals surface area contributed by atoms with Crippen molar-refractivity contribution in [1.82, 2.24) is 5.43 Å². The van der Waals surface area contributed by atoms with E-state index < -0.39 is 6.09 Å². The zero-order valence-electron chi connectivity index (χ0n) is 14.3. The van der Waals surface area contributed by atoms with Gasteiger partial charge in [-0.25, -0.2) is 10.2 Å². The Bertz CT molecular complexity index is 679. The number of nitrogens with one attached hydrogen (secondary N) is 2. The third-order valence-corrected chi connectivity index (χ3v) is 4.86. The molecule has 0 spiro atoms. The lowest BCUT2D eigenvalue weighted by Gasteiger charge is -2.43. The van der Waals surface area contributed by atoms with Gasteiger partial charge in [-0.15, -0.1) is 0 Å². The molecule has 0 radical (unpaired) electrons. The highest BCUT2D eigenvalue weighted by Gasteiger charge is 2.41. The number of anilines is 1. The molecule has 1 aliphatic carbocycles. The van der Waals surface area contributed by atoms with Crippen LogP contribution in [-0.4, -0.2) is 23.8 Å². The summed E-state index contributed by atoms with van der Waals surface area (Å²) in [4.78, 5) is 23.3. The maximum absolute atomic E-state index is 12.0. The van der Waals surface area contributed by atoms with Crippen LogP contribution < -0.4 is 10.7 Å². The highest BCUT2D eigenvalue weighted by Crippen LogP contribution is 2.42. The Balaban J connectivity index is 1.60. The zero-order chi connectivity index (χ0) is 17.3. The third kappa shape index (κ3) is 3.42. The summed E-state index contributed by atoms with van der Waals surface area (Å²) in [7, 11) is 0. The molecule has 128 valence electrons. The maximum atomic E-state index is 12.0. The first-order chi connectivity index (χ1) is 11.3. The first-order valence-corrected chi connectivity index (χ1v) is 8.29. The fourth-order valence-corrected chi connectivity index (χ4v) is 3.06. The molecule has 2 N–H and O–H groups in total. The van der Waals surface area contributed by atoms with Crippen molar-refractivity contribution in [1.29, 1.82) is 0 Å². The van der Waals surface area contributed by atoms with Crippen molar-refractivity contribution in [3.8, 4) is 0 Å². The molecule has 0 aromatic heterocycles. The number of amides is 2. The Kier molecular flexibility index (Phi) is 4.30. The number of hydrogen-bond donors (Lipinski definition) is 2. The first kappa shape index (κ1) is 16.5. The second-order valence-electron chi connectivity index (χ2n) is 7.26. The highest BCUT2D eigenvalue weighted by atomic mass is 16.6. The number of carbonyl (C=O) groups is 2. The molecule has 3 rings (SSSR count). The van der Waals surface area contributed by atoms with E-state index in [1.807, 2.05) is 31.2 Å². The van der Waals surface area contributed by atoms with Crippen molar-refractivity contribution in [2.24, 2.45) is 16.4 Å². The van der Waals surface area contributed by atoms with Gasteiger partial charge >= 0.3 is 6.09 Å². The fraction of sp³-hybridized carbons (Fsp3) is 0.500. The van der Waals surface area contributed by atoms with E-state index in [9.17, 15) is 9.59 Å². The van der Waals surface area contributed by atoms with Crippen molar-refractivity contribution in [2.75, 3.05) is 5.32 Å². The minimum absolute atomic E-state index is 0.0159. The van der Waals surface area contributed by atoms with Gasteiger partial charge in [0.2, 0.25) is 5.91 Å². The van der Waals surface area contributed by atoms with E-state index in [1.54, 1.807) is 0 Å². The van der Waals surface area contributed by atoms with E-state index in [4.69, 9.17) is 4.74 Å². The van der Waals surface area contributed by atoms with Crippen LogP contribution in [0.5, 0.6) is 0 Å². The van der Waals surface area contributed by atoms with Crippen LogP contribution in [0.3, 0.4) is 0 Å². The summed E-state index contributed by atoms with van der Waals surface area (Å²) in [6.45, 7) is 6.18. The van der Waals surface area contributed by atoms with Gasteiger partial charge in [0.25, 0.3) is 0 Å². The zero-order valence-corrected chi connectivity index (χ0v) is 14.3. The van der Waals surface area contributed by atoms with Crippen LogP contribution in [0.25, 0.3) is 0 Å². The molecule has 24 heavy (non-hydrogen) atoms. The Morgan fingerprint density at radius 1 is 1.33 bits per heavy atom. The molecule has 1 aromatic rings. The topological polar surface area (TPSA) is 79.8 Å². The average Bonchev–Trinajstić information content (AvgIpc) is 2.53. The largest absolute Gasteiger partial charge is 0.445 e. The molecule has 6 nitrogen and oxygen atoms in total. The van der Waals surface area contributed by atoms with E-state index in [2.05, 4.69) is 29.7 Å². The molecule has 1 aromatic carbocycles. The summed E-state index contributed by atoms with van der Waals surface area (Å²) in [5, 5.41) is 6.89. The number of benzene rings is 1. The SMILES string of the molecule is CC1CC(=O)NN=C1c1ccc(NC(=O)OC2CCC2(C)C)cc1. The number of rotatable bonds is 3. The molecule has 0 bridgehead atoms. The Morgan fingerprint density at radius 3 is 2.58 bits per heavy atom. The number of hydrazone groups is 1. The maximum Gasteiger partial charge on any atom is 0.411 e. The molecule has 2 unspecified atom stereocenters. The minimum atomic E-state index is -0.420. The highest BCUT2D eigenvalue weighted by molar-refractivity contribution is 6.06. The van der Waals surface area contributed by atoms with Crippen LogP contribution in [0.4, 0.5) is 10.5 Å². The normalized spacial score (nSPS) is 25.1. The van der Waals surface area contributed by atoms with Crippen molar-refractivity contribution >= 4 is 23.4 Å². The van der Waals surface area contributed by atoms with Gasteiger partial charge in [0.1, 0.15) is 6.10 Å². The van der Waals surface area contributed by atoms with Crippen LogP contribution in [0.2, 0.25) is 0 Å². The Morgan fingerprint density at radius 2 is 2.04 bits per heavy atom. The number of ether oxygens (including phenoxy) is 1. The van der Waals surface area contributed by atoms with E-state index in [1.165, 1.54) is 0 Å². The molecular formula is C18H23N3O3. The molecule has 6 heteroatoms. The minimum Gasteiger partial charge on any atom is -0.445 e. The van der Waals surface area contributed by atoms with Gasteiger partial charge in [-0.3, -0.25) is 10.1 Å². The summed E-state index contributed by atoms with van der Waals surface area (Å²) < 4.78 is 5.46. The van der Waals surface area contributed by atoms with Crippen LogP contribution in [-0.2, 0) is 9.53 Å². The third-order valence-electron chi connectivity index (χ3n) is 4.86. The van der Waals surface area contributed by atoms with E-state index >= 15 is 0 Å². The summed E-state index contributed by atoms with van der Waals surface area (Å²) in [5.41, 5.74) is 5.03. The van der Waals surface area contributed by atoms with Crippen molar-refractivity contribution in [3.05, 3.63) is 29.8 Å². The van der Waals surface area contributed by atoms with Crippen molar-refractivity contribution in [2.45, 2.75) is 46.1 Å². The monoisotopic (exact) mass is 329 g/mol. The molecule has 1 aliphatic heterocycles. The summed E-state index contributed by atoms with van der Waals surface area (Å²) in [6.07, 6.45) is 2.00. The van der Waals surface area contributed by atoms with Crippen LogP contribution in [0.1, 0.15) is 45.6 Å². The second kappa shape index (κ2) is 6.26. The quantitative estimate of drug-likeness (QED) is 0.893. The number of carbonyl (C=O) groups excluding carboxylic acids is 2. The van der Waals surface area contributed by atoms with Gasteiger partial charge in [0.05, 0.1) is 5.71 Å². The molecule has 1 fully saturated rings. The smallest absolute Gasteiger partial charge is 0.411 e. The van der Waals surface area contributed by atoms with E-state index in [0.717, 1.165) is 24.1 Å². The molecule has 0 saturated heterocycles. The Labute approximate surface area is 141 Å². The summed E-state index contributed by atoms with van der Waals surface area (Å²) >= 11 is 0. The fourth-order valence-electron chi connectivity index (χ4n) is 3.06. The second-order valence-corrected chi connectivity index (χ2v) is 7.26. The summed E-state index contributed by atoms with van der Waals surface area (Å²) in [5.74, 6) is 0.00886. The Hall–Kier alpha value is -2.37. The van der Waals surface area contributed by atoms with Gasteiger partial charge in [0, 0.05) is 23.4 Å². The van der Waals surface area contributed by atoms with Gasteiger partial charge in [-0.05, 0) is 30.5 Å². The van der Waals surface area contributed by atoms with Crippen LogP contribution in [0, 0.1) is 11.3 Å². The molecule has 2 atom stereocenters. The lowest BCUT2D eigenvalue weighted by molar-refractivity contribution is -0.121. The number of nitrogens with zero attached hydrogens (tertiary/aromatic N) is 1. The van der Waals surface area contributed by atoms with Crippen LogP contribution in [0.15, 0.2) is 29.4 Å². The molecule has 2 amide bonds. The predicted octanol–water partition coefficient (Wildman–Crippen LogP) is 3.28. The number of hydrogen-bond acceptors (Lipinski definition) is 4. The first-order valence-electron chi connectivity index (χ1n) is 8.29. The predicted molar refractivity (Wildman–Crippen MR) is 91.8 cm³/mol. The van der Waals surface area contributed by atoms with Crippen LogP contribution >= 0.6 is 0 Å². The average molecular weight is 329 g/mol. The molecule has 1 heterocycles. The van der Waals surface area contributed by atoms with Gasteiger partial charge < -0.3 is 4.74 Å². The van der Waals surface area contributed by atoms with E-state index in [-0.39, 0.29) is 23.3 Å². The summed E-state index contributed by atoms with van der Waals surface area (Å²) in [6, 6.07) is 7.40. The van der Waals surface area contributed by atoms with Gasteiger partial charge in [-0.1, -0.05) is 32.9 Å². The molecule has 2 aliphatic rings. The van der Waals surface area contributed by atoms with Crippen molar-refractivity contribution in [3.63, 3.8) is 0 Å². The lowest BCUT2D eigenvalue weighted by Crippen LogP contribution is -2.43.